The summed E-state index contributed by atoms with van der Waals surface area (Å²) in [6, 6.07) is 6.28. The van der Waals surface area contributed by atoms with E-state index in [0.717, 1.165) is 12.8 Å². The zero-order valence-electron chi connectivity index (χ0n) is 16.0. The first kappa shape index (κ1) is 20.0. The summed E-state index contributed by atoms with van der Waals surface area (Å²) >= 11 is 0. The lowest BCUT2D eigenvalue weighted by Gasteiger charge is -2.39. The Balaban J connectivity index is 1.51. The Morgan fingerprint density at radius 3 is 2.39 bits per heavy atom. The summed E-state index contributed by atoms with van der Waals surface area (Å²) in [6.45, 7) is 6.42. The van der Waals surface area contributed by atoms with Crippen LogP contribution < -0.4 is 0 Å². The Bertz CT molecular complexity index is 759. The van der Waals surface area contributed by atoms with Crippen molar-refractivity contribution in [3.63, 3.8) is 0 Å². The Morgan fingerprint density at radius 1 is 1.04 bits per heavy atom. The second kappa shape index (κ2) is 8.99. The van der Waals surface area contributed by atoms with E-state index in [9.17, 15) is 18.8 Å². The fourth-order valence-corrected chi connectivity index (χ4v) is 3.86. The van der Waals surface area contributed by atoms with Gasteiger partial charge in [-0.3, -0.25) is 14.4 Å². The standard InChI is InChI=1S/C21H26FN3O3/c1-2-19(26)25-9-5-7-17(15-25)21(28)24-12-10-23(11-13-24)20(27)14-16-6-3-4-8-18(16)22/h2-4,6,8,17H,1,5,7,9-15H2. The fourth-order valence-electron chi connectivity index (χ4n) is 3.86. The van der Waals surface area contributed by atoms with Crippen LogP contribution >= 0.6 is 0 Å². The van der Waals surface area contributed by atoms with Crippen molar-refractivity contribution >= 4 is 17.7 Å². The predicted molar refractivity (Wildman–Crippen MR) is 103 cm³/mol. The molecule has 0 N–H and O–H groups in total. The third kappa shape index (κ3) is 4.58. The third-order valence-electron chi connectivity index (χ3n) is 5.50. The second-order valence-corrected chi connectivity index (χ2v) is 7.30. The molecular weight excluding hydrogens is 361 g/mol. The van der Waals surface area contributed by atoms with E-state index < -0.39 is 0 Å². The highest BCUT2D eigenvalue weighted by molar-refractivity contribution is 5.88. The van der Waals surface area contributed by atoms with E-state index in [0.29, 0.717) is 44.8 Å². The highest BCUT2D eigenvalue weighted by Crippen LogP contribution is 2.20. The molecule has 1 unspecified atom stereocenters. The topological polar surface area (TPSA) is 60.9 Å². The molecule has 1 aromatic carbocycles. The number of likely N-dealkylation sites (tertiary alicyclic amines) is 1. The fraction of sp³-hybridized carbons (Fsp3) is 0.476. The third-order valence-corrected chi connectivity index (χ3v) is 5.50. The van der Waals surface area contributed by atoms with Crippen LogP contribution in [0.5, 0.6) is 0 Å². The molecule has 1 aromatic rings. The summed E-state index contributed by atoms with van der Waals surface area (Å²) in [5, 5.41) is 0. The lowest BCUT2D eigenvalue weighted by Crippen LogP contribution is -2.54. The lowest BCUT2D eigenvalue weighted by molar-refractivity contribution is -0.144. The monoisotopic (exact) mass is 387 g/mol. The summed E-state index contributed by atoms with van der Waals surface area (Å²) in [5.74, 6) is -0.791. The van der Waals surface area contributed by atoms with Gasteiger partial charge in [0.1, 0.15) is 5.82 Å². The largest absolute Gasteiger partial charge is 0.339 e. The van der Waals surface area contributed by atoms with Gasteiger partial charge in [0, 0.05) is 39.3 Å². The van der Waals surface area contributed by atoms with Crippen molar-refractivity contribution < 1.29 is 18.8 Å². The molecule has 150 valence electrons. The summed E-state index contributed by atoms with van der Waals surface area (Å²) in [7, 11) is 0. The van der Waals surface area contributed by atoms with Crippen LogP contribution in [0.3, 0.4) is 0 Å². The quantitative estimate of drug-likeness (QED) is 0.735. The van der Waals surface area contributed by atoms with E-state index >= 15 is 0 Å². The van der Waals surface area contributed by atoms with Crippen LogP contribution in [0, 0.1) is 11.7 Å². The number of amides is 3. The Kier molecular flexibility index (Phi) is 6.44. The smallest absolute Gasteiger partial charge is 0.245 e. The van der Waals surface area contributed by atoms with Crippen LogP contribution in [0.2, 0.25) is 0 Å². The number of nitrogens with zero attached hydrogens (tertiary/aromatic N) is 3. The van der Waals surface area contributed by atoms with Gasteiger partial charge in [-0.25, -0.2) is 4.39 Å². The second-order valence-electron chi connectivity index (χ2n) is 7.30. The van der Waals surface area contributed by atoms with E-state index in [2.05, 4.69) is 6.58 Å². The normalized spacial score (nSPS) is 20.0. The maximum atomic E-state index is 13.7. The van der Waals surface area contributed by atoms with E-state index in [1.165, 1.54) is 12.1 Å². The SMILES string of the molecule is C=CC(=O)N1CCCC(C(=O)N2CCN(C(=O)Cc3ccccc3F)CC2)C1. The molecule has 0 spiro atoms. The van der Waals surface area contributed by atoms with E-state index in [-0.39, 0.29) is 35.9 Å². The maximum Gasteiger partial charge on any atom is 0.245 e. The first-order valence-electron chi connectivity index (χ1n) is 9.71. The number of rotatable bonds is 4. The molecule has 3 amide bonds. The zero-order valence-corrected chi connectivity index (χ0v) is 16.0. The Labute approximate surface area is 164 Å². The molecule has 2 saturated heterocycles. The molecule has 3 rings (SSSR count). The van der Waals surface area contributed by atoms with Crippen LogP contribution in [-0.4, -0.2) is 71.7 Å². The minimum absolute atomic E-state index is 0.0296. The Hall–Kier alpha value is -2.70. The molecule has 28 heavy (non-hydrogen) atoms. The molecular formula is C21H26FN3O3. The van der Waals surface area contributed by atoms with E-state index in [1.54, 1.807) is 32.9 Å². The van der Waals surface area contributed by atoms with Crippen LogP contribution in [0.25, 0.3) is 0 Å². The highest BCUT2D eigenvalue weighted by Gasteiger charge is 2.32. The van der Waals surface area contributed by atoms with Gasteiger partial charge in [0.25, 0.3) is 0 Å². The van der Waals surface area contributed by atoms with E-state index in [4.69, 9.17) is 0 Å². The molecule has 0 aromatic heterocycles. The van der Waals surface area contributed by atoms with Gasteiger partial charge in [0.2, 0.25) is 17.7 Å². The van der Waals surface area contributed by atoms with Gasteiger partial charge in [-0.1, -0.05) is 24.8 Å². The minimum Gasteiger partial charge on any atom is -0.339 e. The molecule has 0 saturated carbocycles. The number of benzene rings is 1. The summed E-state index contributed by atoms with van der Waals surface area (Å²) in [5.41, 5.74) is 0.389. The summed E-state index contributed by atoms with van der Waals surface area (Å²) in [6.07, 6.45) is 2.89. The van der Waals surface area contributed by atoms with E-state index in [1.807, 2.05) is 0 Å². The number of carbonyl (C=O) groups is 3. The number of carbonyl (C=O) groups excluding carboxylic acids is 3. The molecule has 1 atom stereocenters. The zero-order chi connectivity index (χ0) is 20.1. The van der Waals surface area contributed by atoms with Gasteiger partial charge in [-0.15, -0.1) is 0 Å². The van der Waals surface area contributed by atoms with Gasteiger partial charge in [0.15, 0.2) is 0 Å². The van der Waals surface area contributed by atoms with Gasteiger partial charge in [-0.2, -0.15) is 0 Å². The molecule has 2 heterocycles. The number of hydrogen-bond acceptors (Lipinski definition) is 3. The van der Waals surface area contributed by atoms with Crippen LogP contribution in [-0.2, 0) is 20.8 Å². The molecule has 0 aliphatic carbocycles. The first-order valence-corrected chi connectivity index (χ1v) is 9.71. The highest BCUT2D eigenvalue weighted by atomic mass is 19.1. The van der Waals surface area contributed by atoms with Crippen molar-refractivity contribution in [1.82, 2.24) is 14.7 Å². The van der Waals surface area contributed by atoms with Crippen molar-refractivity contribution in [2.45, 2.75) is 19.3 Å². The van der Waals surface area contributed by atoms with Crippen LogP contribution in [0.4, 0.5) is 4.39 Å². The van der Waals surface area contributed by atoms with Crippen LogP contribution in [0.15, 0.2) is 36.9 Å². The molecule has 7 heteroatoms. The van der Waals surface area contributed by atoms with Crippen molar-refractivity contribution in [2.24, 2.45) is 5.92 Å². The summed E-state index contributed by atoms with van der Waals surface area (Å²) < 4.78 is 13.7. The molecule has 2 fully saturated rings. The Morgan fingerprint density at radius 2 is 1.71 bits per heavy atom. The summed E-state index contributed by atoms with van der Waals surface area (Å²) in [4.78, 5) is 42.2. The molecule has 2 aliphatic rings. The molecule has 0 bridgehead atoms. The molecule has 0 radical (unpaired) electrons. The van der Waals surface area contributed by atoms with Crippen molar-refractivity contribution in [1.29, 1.82) is 0 Å². The first-order chi connectivity index (χ1) is 13.5. The van der Waals surface area contributed by atoms with Gasteiger partial charge < -0.3 is 14.7 Å². The predicted octanol–water partition coefficient (Wildman–Crippen LogP) is 1.46. The van der Waals surface area contributed by atoms with Crippen molar-refractivity contribution in [3.05, 3.63) is 48.3 Å². The lowest BCUT2D eigenvalue weighted by atomic mass is 9.96. The van der Waals surface area contributed by atoms with Crippen LogP contribution in [0.1, 0.15) is 18.4 Å². The van der Waals surface area contributed by atoms with Gasteiger partial charge >= 0.3 is 0 Å². The average molecular weight is 387 g/mol. The molecule has 2 aliphatic heterocycles. The minimum atomic E-state index is -0.374. The van der Waals surface area contributed by atoms with Gasteiger partial charge in [0.05, 0.1) is 12.3 Å². The number of piperazine rings is 1. The number of halogens is 1. The van der Waals surface area contributed by atoms with Crippen molar-refractivity contribution in [3.8, 4) is 0 Å². The van der Waals surface area contributed by atoms with Gasteiger partial charge in [-0.05, 0) is 30.5 Å². The average Bonchev–Trinajstić information content (AvgIpc) is 2.74. The maximum absolute atomic E-state index is 13.7. The number of hydrogen-bond donors (Lipinski definition) is 0. The molecule has 6 nitrogen and oxygen atoms in total. The van der Waals surface area contributed by atoms with Crippen molar-refractivity contribution in [2.75, 3.05) is 39.3 Å². The number of piperidine rings is 1.